The van der Waals surface area contributed by atoms with E-state index in [1.165, 1.54) is 30.2 Å². The third-order valence-corrected chi connectivity index (χ3v) is 5.15. The zero-order valence-corrected chi connectivity index (χ0v) is 17.6. The second kappa shape index (κ2) is 10.2. The molecule has 1 atom stereocenters. The number of carbonyl (C=O) groups excluding carboxylic acids is 2. The number of nitrogens with zero attached hydrogens (tertiary/aromatic N) is 1. The van der Waals surface area contributed by atoms with Gasteiger partial charge in [-0.1, -0.05) is 43.7 Å². The molecule has 1 saturated heterocycles. The molecular weight excluding hydrogens is 401 g/mol. The summed E-state index contributed by atoms with van der Waals surface area (Å²) in [6.45, 7) is 2.82. The lowest BCUT2D eigenvalue weighted by atomic mass is 9.95. The Morgan fingerprint density at radius 2 is 1.90 bits per heavy atom. The van der Waals surface area contributed by atoms with Crippen molar-refractivity contribution in [1.29, 1.82) is 0 Å². The maximum absolute atomic E-state index is 14.7. The smallest absolute Gasteiger partial charge is 0.295 e. The molecule has 1 heterocycles. The molecule has 1 aliphatic heterocycles. The van der Waals surface area contributed by atoms with Gasteiger partial charge in [-0.05, 0) is 24.6 Å². The molecule has 31 heavy (non-hydrogen) atoms. The highest BCUT2D eigenvalue weighted by molar-refractivity contribution is 6.46. The van der Waals surface area contributed by atoms with Gasteiger partial charge in [-0.2, -0.15) is 0 Å². The molecular formula is C24H26FNO5. The summed E-state index contributed by atoms with van der Waals surface area (Å²) in [5, 5.41) is 11.0. The summed E-state index contributed by atoms with van der Waals surface area (Å²) in [4.78, 5) is 26.8. The Kier molecular flexibility index (Phi) is 7.41. The van der Waals surface area contributed by atoms with Crippen molar-refractivity contribution in [3.05, 3.63) is 71.0 Å². The fourth-order valence-electron chi connectivity index (χ4n) is 3.54. The minimum atomic E-state index is -1.05. The number of methoxy groups -OCH3 is 1. The molecule has 1 N–H and O–H groups in total. The molecule has 1 amide bonds. The number of Topliss-reactive ketones (excluding diaryl/α,β-unsaturated/α-hetero) is 1. The number of aliphatic hydroxyl groups excluding tert-OH is 1. The number of unbranched alkanes of at least 4 members (excludes halogenated alkanes) is 1. The van der Waals surface area contributed by atoms with Crippen molar-refractivity contribution >= 4 is 17.4 Å². The normalized spacial score (nSPS) is 17.9. The predicted octanol–water partition coefficient (Wildman–Crippen LogP) is 4.07. The first-order valence-electron chi connectivity index (χ1n) is 10.2. The van der Waals surface area contributed by atoms with Crippen molar-refractivity contribution in [3.8, 4) is 5.75 Å². The Balaban J connectivity index is 2.08. The van der Waals surface area contributed by atoms with Crippen molar-refractivity contribution in [2.24, 2.45) is 0 Å². The fourth-order valence-corrected chi connectivity index (χ4v) is 3.54. The van der Waals surface area contributed by atoms with Crippen LogP contribution in [-0.2, 0) is 14.3 Å². The van der Waals surface area contributed by atoms with Crippen LogP contribution >= 0.6 is 0 Å². The van der Waals surface area contributed by atoms with Crippen molar-refractivity contribution in [1.82, 2.24) is 4.90 Å². The van der Waals surface area contributed by atoms with Crippen LogP contribution in [0, 0.1) is 5.82 Å². The van der Waals surface area contributed by atoms with Crippen LogP contribution in [-0.4, -0.2) is 48.6 Å². The number of ketones is 1. The molecule has 1 fully saturated rings. The fraction of sp³-hybridized carbons (Fsp3) is 0.333. The average Bonchev–Trinajstić information content (AvgIpc) is 3.02. The molecule has 2 aromatic carbocycles. The maximum atomic E-state index is 14.7. The van der Waals surface area contributed by atoms with Crippen LogP contribution in [0.15, 0.2) is 54.1 Å². The number of rotatable bonds is 9. The Morgan fingerprint density at radius 3 is 2.61 bits per heavy atom. The first-order chi connectivity index (χ1) is 15.0. The topological polar surface area (TPSA) is 76.1 Å². The molecule has 0 aromatic heterocycles. The minimum Gasteiger partial charge on any atom is -0.507 e. The van der Waals surface area contributed by atoms with E-state index in [0.29, 0.717) is 17.9 Å². The van der Waals surface area contributed by atoms with E-state index >= 15 is 0 Å². The molecule has 1 unspecified atom stereocenters. The average molecular weight is 427 g/mol. The number of likely N-dealkylation sites (tertiary alicyclic amines) is 1. The van der Waals surface area contributed by atoms with Crippen molar-refractivity contribution < 1.29 is 28.6 Å². The van der Waals surface area contributed by atoms with Gasteiger partial charge in [0.25, 0.3) is 11.7 Å². The molecule has 3 rings (SSSR count). The van der Waals surface area contributed by atoms with Gasteiger partial charge in [0.15, 0.2) is 0 Å². The number of halogens is 1. The molecule has 2 aromatic rings. The number of hydrogen-bond donors (Lipinski definition) is 1. The van der Waals surface area contributed by atoms with Gasteiger partial charge in [0.2, 0.25) is 0 Å². The molecule has 0 saturated carbocycles. The number of carbonyl (C=O) groups is 2. The van der Waals surface area contributed by atoms with E-state index in [1.807, 2.05) is 0 Å². The van der Waals surface area contributed by atoms with Gasteiger partial charge in [0, 0.05) is 24.8 Å². The van der Waals surface area contributed by atoms with E-state index in [-0.39, 0.29) is 30.0 Å². The van der Waals surface area contributed by atoms with Gasteiger partial charge in [-0.25, -0.2) is 4.39 Å². The van der Waals surface area contributed by atoms with Crippen LogP contribution in [0.5, 0.6) is 5.75 Å². The number of hydrogen-bond acceptors (Lipinski definition) is 5. The Hall–Kier alpha value is -3.19. The standard InChI is InChI=1S/C24H26FNO5/c1-3-4-13-31-17-9-7-8-16(15-17)22(27)20-21(18-10-5-6-11-19(18)25)26(12-14-30-2)24(29)23(20)28/h5-11,15,21,27H,3-4,12-14H2,1-2H3. The van der Waals surface area contributed by atoms with E-state index in [1.54, 1.807) is 30.3 Å². The summed E-state index contributed by atoms with van der Waals surface area (Å²) >= 11 is 0. The molecule has 0 aliphatic carbocycles. The van der Waals surface area contributed by atoms with Crippen LogP contribution in [0.1, 0.15) is 36.9 Å². The molecule has 164 valence electrons. The molecule has 1 aliphatic rings. The van der Waals surface area contributed by atoms with Gasteiger partial charge < -0.3 is 19.5 Å². The molecule has 7 heteroatoms. The largest absolute Gasteiger partial charge is 0.507 e. The van der Waals surface area contributed by atoms with Crippen LogP contribution in [0.25, 0.3) is 5.76 Å². The first kappa shape index (κ1) is 22.5. The molecule has 0 radical (unpaired) electrons. The van der Waals surface area contributed by atoms with E-state index < -0.39 is 23.5 Å². The highest BCUT2D eigenvalue weighted by atomic mass is 19.1. The summed E-state index contributed by atoms with van der Waals surface area (Å²) in [6.07, 6.45) is 1.86. The molecule has 0 spiro atoms. The summed E-state index contributed by atoms with van der Waals surface area (Å²) in [6, 6.07) is 11.5. The highest BCUT2D eigenvalue weighted by Crippen LogP contribution is 2.40. The van der Waals surface area contributed by atoms with Gasteiger partial charge in [0.1, 0.15) is 17.3 Å². The number of amides is 1. The van der Waals surface area contributed by atoms with Crippen molar-refractivity contribution in [3.63, 3.8) is 0 Å². The van der Waals surface area contributed by atoms with Crippen molar-refractivity contribution in [2.75, 3.05) is 26.9 Å². The van der Waals surface area contributed by atoms with Crippen LogP contribution in [0.4, 0.5) is 4.39 Å². The van der Waals surface area contributed by atoms with Crippen LogP contribution in [0.3, 0.4) is 0 Å². The molecule has 0 bridgehead atoms. The monoisotopic (exact) mass is 427 g/mol. The summed E-state index contributed by atoms with van der Waals surface area (Å²) in [5.74, 6) is -2.07. The van der Waals surface area contributed by atoms with E-state index in [4.69, 9.17) is 9.47 Å². The van der Waals surface area contributed by atoms with E-state index in [9.17, 15) is 19.1 Å². The summed E-state index contributed by atoms with van der Waals surface area (Å²) in [5.41, 5.74) is 0.298. The third-order valence-electron chi connectivity index (χ3n) is 5.15. The Morgan fingerprint density at radius 1 is 1.13 bits per heavy atom. The third kappa shape index (κ3) is 4.77. The van der Waals surface area contributed by atoms with Crippen molar-refractivity contribution in [2.45, 2.75) is 25.8 Å². The summed E-state index contributed by atoms with van der Waals surface area (Å²) in [7, 11) is 1.47. The second-order valence-corrected chi connectivity index (χ2v) is 7.24. The van der Waals surface area contributed by atoms with Crippen LogP contribution in [0.2, 0.25) is 0 Å². The van der Waals surface area contributed by atoms with Gasteiger partial charge in [-0.3, -0.25) is 9.59 Å². The summed E-state index contributed by atoms with van der Waals surface area (Å²) < 4.78 is 25.4. The number of ether oxygens (including phenoxy) is 2. The highest BCUT2D eigenvalue weighted by Gasteiger charge is 2.46. The van der Waals surface area contributed by atoms with Crippen LogP contribution < -0.4 is 4.74 Å². The van der Waals surface area contributed by atoms with E-state index in [2.05, 4.69) is 6.92 Å². The minimum absolute atomic E-state index is 0.0804. The van der Waals surface area contributed by atoms with Gasteiger partial charge >= 0.3 is 0 Å². The molecule has 6 nitrogen and oxygen atoms in total. The van der Waals surface area contributed by atoms with Gasteiger partial charge in [0.05, 0.1) is 24.8 Å². The second-order valence-electron chi connectivity index (χ2n) is 7.24. The number of aliphatic hydroxyl groups is 1. The zero-order chi connectivity index (χ0) is 22.4. The Bertz CT molecular complexity index is 987. The quantitative estimate of drug-likeness (QED) is 0.283. The van der Waals surface area contributed by atoms with E-state index in [0.717, 1.165) is 12.8 Å². The maximum Gasteiger partial charge on any atom is 0.295 e. The van der Waals surface area contributed by atoms with Gasteiger partial charge in [-0.15, -0.1) is 0 Å². The SMILES string of the molecule is CCCCOc1cccc(C(O)=C2C(=O)C(=O)N(CCOC)C2c2ccccc2F)c1. The first-order valence-corrected chi connectivity index (χ1v) is 10.2. The lowest BCUT2D eigenvalue weighted by molar-refractivity contribution is -0.140. The zero-order valence-electron chi connectivity index (χ0n) is 17.6. The number of benzene rings is 2. The predicted molar refractivity (Wildman–Crippen MR) is 114 cm³/mol. The lowest BCUT2D eigenvalue weighted by Crippen LogP contribution is -2.33. The Labute approximate surface area is 180 Å². The lowest BCUT2D eigenvalue weighted by Gasteiger charge is -2.25.